The lowest BCUT2D eigenvalue weighted by atomic mass is 10.1. The highest BCUT2D eigenvalue weighted by atomic mass is 19.1. The van der Waals surface area contributed by atoms with Gasteiger partial charge in [-0.05, 0) is 36.8 Å². The Bertz CT molecular complexity index is 1220. The van der Waals surface area contributed by atoms with Gasteiger partial charge >= 0.3 is 0 Å². The first-order valence-corrected chi connectivity index (χ1v) is 10.1. The molecule has 3 aromatic rings. The number of benzene rings is 2. The van der Waals surface area contributed by atoms with E-state index in [9.17, 15) is 14.0 Å². The summed E-state index contributed by atoms with van der Waals surface area (Å²) in [6.07, 6.45) is 6.55. The quantitative estimate of drug-likeness (QED) is 0.602. The molecule has 0 bridgehead atoms. The monoisotopic (exact) mass is 416 g/mol. The Hall–Kier alpha value is -3.92. The Kier molecular flexibility index (Phi) is 5.80. The maximum Gasteiger partial charge on any atom is 0.248 e. The van der Waals surface area contributed by atoms with Gasteiger partial charge in [-0.25, -0.2) is 4.39 Å². The molecule has 156 valence electrons. The summed E-state index contributed by atoms with van der Waals surface area (Å²) in [7, 11) is 0. The molecule has 1 aliphatic rings. The molecule has 2 heterocycles. The number of aromatic nitrogens is 1. The first kappa shape index (κ1) is 20.4. The van der Waals surface area contributed by atoms with Crippen molar-refractivity contribution >= 4 is 40.2 Å². The number of aryl methyl sites for hydroxylation is 1. The molecule has 1 saturated heterocycles. The van der Waals surface area contributed by atoms with Crippen LogP contribution < -0.4 is 10.2 Å². The van der Waals surface area contributed by atoms with Crippen molar-refractivity contribution < 1.29 is 14.0 Å². The van der Waals surface area contributed by atoms with E-state index in [0.29, 0.717) is 38.0 Å². The molecule has 1 aliphatic heterocycles. The second-order valence-electron chi connectivity index (χ2n) is 7.34. The minimum absolute atomic E-state index is 0.0902. The lowest BCUT2D eigenvalue weighted by molar-refractivity contribution is -0.117. The molecule has 1 N–H and O–H groups in total. The largest absolute Gasteiger partial charge is 0.346 e. The number of rotatable bonds is 6. The predicted octanol–water partition coefficient (Wildman–Crippen LogP) is 4.47. The van der Waals surface area contributed by atoms with Gasteiger partial charge in [0.25, 0.3) is 0 Å². The highest BCUT2D eigenvalue weighted by Crippen LogP contribution is 2.27. The van der Waals surface area contributed by atoms with Crippen molar-refractivity contribution in [2.24, 2.45) is 0 Å². The molecule has 31 heavy (non-hydrogen) atoms. The summed E-state index contributed by atoms with van der Waals surface area (Å²) < 4.78 is 16.5. The lowest BCUT2D eigenvalue weighted by Gasteiger charge is -2.17. The van der Waals surface area contributed by atoms with Gasteiger partial charge in [0.2, 0.25) is 11.8 Å². The molecule has 0 unspecified atom stereocenters. The SMILES string of the molecule is N#CCCn1cc(C=CC(=O)Nc2ccc(N3CCCC3=O)c(F)c2)c2ccccc21. The summed E-state index contributed by atoms with van der Waals surface area (Å²) in [4.78, 5) is 25.6. The number of nitrogens with zero attached hydrogens (tertiary/aromatic N) is 3. The number of carbonyl (C=O) groups excluding carboxylic acids is 2. The van der Waals surface area contributed by atoms with Crippen LogP contribution in [0.15, 0.2) is 54.7 Å². The molecule has 2 aromatic carbocycles. The highest BCUT2D eigenvalue weighted by molar-refractivity contribution is 6.04. The smallest absolute Gasteiger partial charge is 0.248 e. The molecule has 0 radical (unpaired) electrons. The number of nitriles is 1. The van der Waals surface area contributed by atoms with Gasteiger partial charge in [0.15, 0.2) is 0 Å². The number of carbonyl (C=O) groups is 2. The number of anilines is 2. The fourth-order valence-corrected chi connectivity index (χ4v) is 3.82. The van der Waals surface area contributed by atoms with Gasteiger partial charge < -0.3 is 14.8 Å². The maximum absolute atomic E-state index is 14.5. The summed E-state index contributed by atoms with van der Waals surface area (Å²) in [5.74, 6) is -1.02. The molecular formula is C24H21FN4O2. The van der Waals surface area contributed by atoms with Crippen LogP contribution in [0.3, 0.4) is 0 Å². The van der Waals surface area contributed by atoms with Crippen molar-refractivity contribution in [3.8, 4) is 6.07 Å². The van der Waals surface area contributed by atoms with Crippen molar-refractivity contribution in [3.63, 3.8) is 0 Å². The fourth-order valence-electron chi connectivity index (χ4n) is 3.82. The van der Waals surface area contributed by atoms with Crippen LogP contribution in [0.1, 0.15) is 24.8 Å². The number of para-hydroxylation sites is 1. The van der Waals surface area contributed by atoms with Gasteiger partial charge in [0, 0.05) is 53.9 Å². The van der Waals surface area contributed by atoms with Crippen molar-refractivity contribution in [3.05, 3.63) is 66.1 Å². The van der Waals surface area contributed by atoms with Crippen LogP contribution in [0.25, 0.3) is 17.0 Å². The molecular weight excluding hydrogens is 395 g/mol. The first-order valence-electron chi connectivity index (χ1n) is 10.1. The zero-order valence-electron chi connectivity index (χ0n) is 16.8. The third-order valence-electron chi connectivity index (χ3n) is 5.28. The normalized spacial score (nSPS) is 13.8. The Balaban J connectivity index is 1.48. The van der Waals surface area contributed by atoms with Gasteiger partial charge in [-0.2, -0.15) is 5.26 Å². The van der Waals surface area contributed by atoms with E-state index in [1.807, 2.05) is 35.0 Å². The Morgan fingerprint density at radius 3 is 2.84 bits per heavy atom. The van der Waals surface area contributed by atoms with Gasteiger partial charge in [0.05, 0.1) is 18.2 Å². The molecule has 0 atom stereocenters. The fraction of sp³-hybridized carbons (Fsp3) is 0.208. The van der Waals surface area contributed by atoms with Crippen molar-refractivity contribution in [1.82, 2.24) is 4.57 Å². The van der Waals surface area contributed by atoms with E-state index in [4.69, 9.17) is 5.26 Å². The number of hydrogen-bond donors (Lipinski definition) is 1. The Labute approximate surface area is 179 Å². The van der Waals surface area contributed by atoms with Crippen LogP contribution in [0.4, 0.5) is 15.8 Å². The van der Waals surface area contributed by atoms with Gasteiger partial charge in [-0.1, -0.05) is 18.2 Å². The van der Waals surface area contributed by atoms with E-state index >= 15 is 0 Å². The molecule has 0 spiro atoms. The van der Waals surface area contributed by atoms with Gasteiger partial charge in [0.1, 0.15) is 5.82 Å². The van der Waals surface area contributed by atoms with Crippen LogP contribution >= 0.6 is 0 Å². The molecule has 6 nitrogen and oxygen atoms in total. The van der Waals surface area contributed by atoms with E-state index in [2.05, 4.69) is 11.4 Å². The topological polar surface area (TPSA) is 78.1 Å². The third kappa shape index (κ3) is 4.33. The number of hydrogen-bond acceptors (Lipinski definition) is 3. The number of amides is 2. The van der Waals surface area contributed by atoms with E-state index < -0.39 is 11.7 Å². The van der Waals surface area contributed by atoms with Crippen LogP contribution in [-0.2, 0) is 16.1 Å². The standard InChI is InChI=1S/C24H21FN4O2/c25-20-15-18(9-10-22(20)29-14-3-7-24(29)31)27-23(30)11-8-17-16-28(13-4-12-26)21-6-2-1-5-19(17)21/h1-2,5-6,8-11,15-16H,3-4,7,13-14H2,(H,27,30). The van der Waals surface area contributed by atoms with Crippen molar-refractivity contribution in [2.45, 2.75) is 25.8 Å². The highest BCUT2D eigenvalue weighted by Gasteiger charge is 2.24. The maximum atomic E-state index is 14.5. The Morgan fingerprint density at radius 1 is 1.26 bits per heavy atom. The molecule has 2 amide bonds. The van der Waals surface area contributed by atoms with Crippen molar-refractivity contribution in [1.29, 1.82) is 5.26 Å². The lowest BCUT2D eigenvalue weighted by Crippen LogP contribution is -2.24. The van der Waals surface area contributed by atoms with E-state index in [0.717, 1.165) is 16.5 Å². The van der Waals surface area contributed by atoms with Crippen molar-refractivity contribution in [2.75, 3.05) is 16.8 Å². The average molecular weight is 416 g/mol. The first-order chi connectivity index (χ1) is 15.1. The summed E-state index contributed by atoms with van der Waals surface area (Å²) >= 11 is 0. The van der Waals surface area contributed by atoms with Crippen LogP contribution in [0.2, 0.25) is 0 Å². The number of halogens is 1. The predicted molar refractivity (Wildman–Crippen MR) is 118 cm³/mol. The second kappa shape index (κ2) is 8.84. The zero-order chi connectivity index (χ0) is 21.8. The Morgan fingerprint density at radius 2 is 2.10 bits per heavy atom. The zero-order valence-corrected chi connectivity index (χ0v) is 16.8. The molecule has 0 aliphatic carbocycles. The second-order valence-corrected chi connectivity index (χ2v) is 7.34. The average Bonchev–Trinajstić information content (AvgIpc) is 3.34. The summed E-state index contributed by atoms with van der Waals surface area (Å²) in [5.41, 5.74) is 2.41. The molecule has 7 heteroatoms. The molecule has 1 aromatic heterocycles. The minimum atomic E-state index is -0.544. The number of nitrogens with one attached hydrogen (secondary N) is 1. The minimum Gasteiger partial charge on any atom is -0.346 e. The van der Waals surface area contributed by atoms with E-state index in [-0.39, 0.29) is 11.6 Å². The summed E-state index contributed by atoms with van der Waals surface area (Å²) in [5, 5.41) is 12.5. The summed E-state index contributed by atoms with van der Waals surface area (Å²) in [6.45, 7) is 1.08. The molecule has 1 fully saturated rings. The molecule has 4 rings (SSSR count). The van der Waals surface area contributed by atoms with Gasteiger partial charge in [-0.15, -0.1) is 0 Å². The van der Waals surface area contributed by atoms with E-state index in [1.54, 1.807) is 12.1 Å². The third-order valence-corrected chi connectivity index (χ3v) is 5.28. The van der Waals surface area contributed by atoms with Crippen LogP contribution in [-0.4, -0.2) is 22.9 Å². The summed E-state index contributed by atoms with van der Waals surface area (Å²) in [6, 6.07) is 14.2. The van der Waals surface area contributed by atoms with Crippen LogP contribution in [0, 0.1) is 17.1 Å². The molecule has 0 saturated carbocycles. The van der Waals surface area contributed by atoms with Gasteiger partial charge in [-0.3, -0.25) is 9.59 Å². The van der Waals surface area contributed by atoms with E-state index in [1.165, 1.54) is 23.1 Å². The number of fused-ring (bicyclic) bond motifs is 1. The van der Waals surface area contributed by atoms with Crippen LogP contribution in [0.5, 0.6) is 0 Å².